The van der Waals surface area contributed by atoms with Crippen LogP contribution in [0.3, 0.4) is 0 Å². The largest absolute Gasteiger partial charge is 0.309 e. The van der Waals surface area contributed by atoms with Crippen LogP contribution < -0.4 is 0 Å². The minimum Gasteiger partial charge on any atom is -0.309 e. The van der Waals surface area contributed by atoms with Crippen molar-refractivity contribution in [3.63, 3.8) is 0 Å². The van der Waals surface area contributed by atoms with Crippen molar-refractivity contribution in [3.05, 3.63) is 186 Å². The molecule has 0 spiro atoms. The number of para-hydroxylation sites is 2. The Kier molecular flexibility index (Phi) is 11.9. The van der Waals surface area contributed by atoms with Crippen molar-refractivity contribution in [1.29, 1.82) is 0 Å². The lowest BCUT2D eigenvalue weighted by molar-refractivity contribution is 0.977. The van der Waals surface area contributed by atoms with Crippen molar-refractivity contribution >= 4 is 27.4 Å². The molecule has 48 heavy (non-hydrogen) atoms. The summed E-state index contributed by atoms with van der Waals surface area (Å²) in [6.07, 6.45) is 10.4. The number of rotatable bonds is 3. The third-order valence-electron chi connectivity index (χ3n) is 8.38. The van der Waals surface area contributed by atoms with Crippen LogP contribution in [-0.4, -0.2) is 9.55 Å². The Bertz CT molecular complexity index is 2080. The molecule has 0 aliphatic heterocycles. The number of aromatic nitrogens is 2. The summed E-state index contributed by atoms with van der Waals surface area (Å²) < 4.78 is 2.37. The molecule has 0 fully saturated rings. The molecule has 0 atom stereocenters. The topological polar surface area (TPSA) is 17.8 Å². The van der Waals surface area contributed by atoms with E-state index in [2.05, 4.69) is 157 Å². The van der Waals surface area contributed by atoms with Crippen LogP contribution in [0.5, 0.6) is 0 Å². The maximum Gasteiger partial charge on any atom is 0.0541 e. The van der Waals surface area contributed by atoms with Gasteiger partial charge in [-0.1, -0.05) is 140 Å². The molecule has 0 unspecified atom stereocenters. The Morgan fingerprint density at radius 3 is 1.75 bits per heavy atom. The molecule has 1 aliphatic rings. The molecule has 7 aromatic rings. The van der Waals surface area contributed by atoms with Crippen molar-refractivity contribution in [2.24, 2.45) is 0 Å². The van der Waals surface area contributed by atoms with E-state index >= 15 is 0 Å². The minimum absolute atomic E-state index is 1.13. The number of hydrogen-bond acceptors (Lipinski definition) is 1. The van der Waals surface area contributed by atoms with E-state index in [0.717, 1.165) is 12.8 Å². The molecule has 0 N–H and O–H groups in total. The fourth-order valence-corrected chi connectivity index (χ4v) is 5.83. The van der Waals surface area contributed by atoms with Gasteiger partial charge in [-0.05, 0) is 97.8 Å². The van der Waals surface area contributed by atoms with Crippen LogP contribution in [0.25, 0.3) is 44.2 Å². The summed E-state index contributed by atoms with van der Waals surface area (Å²) in [6.45, 7) is 10.3. The average Bonchev–Trinajstić information content (AvgIpc) is 3.48. The van der Waals surface area contributed by atoms with Gasteiger partial charge in [0.25, 0.3) is 0 Å². The smallest absolute Gasteiger partial charge is 0.0541 e. The Morgan fingerprint density at radius 1 is 0.500 bits per heavy atom. The van der Waals surface area contributed by atoms with Gasteiger partial charge in [0.05, 0.1) is 11.0 Å². The van der Waals surface area contributed by atoms with E-state index in [0.29, 0.717) is 0 Å². The number of benzene rings is 5. The Balaban J connectivity index is 0.000000170. The van der Waals surface area contributed by atoms with Crippen molar-refractivity contribution < 1.29 is 0 Å². The molecule has 2 heteroatoms. The lowest BCUT2D eigenvalue weighted by atomic mass is 9.93. The molecule has 8 rings (SSSR count). The van der Waals surface area contributed by atoms with Crippen LogP contribution in [-0.2, 0) is 0 Å². The molecule has 0 saturated carbocycles. The zero-order chi connectivity index (χ0) is 33.7. The second-order valence-corrected chi connectivity index (χ2v) is 11.9. The van der Waals surface area contributed by atoms with Gasteiger partial charge in [-0.15, -0.1) is 0 Å². The fraction of sp³-hybridized carbons (Fsp3) is 0.152. The average molecular weight is 627 g/mol. The fourth-order valence-electron chi connectivity index (χ4n) is 5.83. The lowest BCUT2D eigenvalue weighted by Crippen LogP contribution is -1.94. The van der Waals surface area contributed by atoms with Gasteiger partial charge < -0.3 is 4.57 Å². The summed E-state index contributed by atoms with van der Waals surface area (Å²) in [4.78, 5) is 3.88. The first-order valence-electron chi connectivity index (χ1n) is 17.0. The van der Waals surface area contributed by atoms with E-state index in [-0.39, 0.29) is 0 Å². The van der Waals surface area contributed by atoms with Crippen LogP contribution in [0.15, 0.2) is 170 Å². The normalized spacial score (nSPS) is 11.9. The summed E-state index contributed by atoms with van der Waals surface area (Å²) in [6, 6.07) is 49.2. The first-order chi connectivity index (χ1) is 23.6. The molecular weight excluding hydrogens is 581 g/mol. The summed E-state index contributed by atoms with van der Waals surface area (Å²) >= 11 is 0. The van der Waals surface area contributed by atoms with E-state index in [1.54, 1.807) is 6.20 Å². The Hall–Kier alpha value is -5.47. The number of aryl methyl sites for hydroxylation is 2. The van der Waals surface area contributed by atoms with Gasteiger partial charge in [0, 0.05) is 28.9 Å². The highest BCUT2D eigenvalue weighted by Crippen LogP contribution is 2.35. The Morgan fingerprint density at radius 2 is 1.12 bits per heavy atom. The van der Waals surface area contributed by atoms with Crippen molar-refractivity contribution in [2.45, 2.75) is 47.5 Å². The van der Waals surface area contributed by atoms with Crippen molar-refractivity contribution in [1.82, 2.24) is 9.55 Å². The number of fused-ring (bicyclic) bond motifs is 3. The van der Waals surface area contributed by atoms with Gasteiger partial charge >= 0.3 is 0 Å². The van der Waals surface area contributed by atoms with Gasteiger partial charge in [0.1, 0.15) is 0 Å². The highest BCUT2D eigenvalue weighted by molar-refractivity contribution is 6.10. The van der Waals surface area contributed by atoms with E-state index in [1.807, 2.05) is 45.2 Å². The van der Waals surface area contributed by atoms with Crippen LogP contribution in [0.1, 0.15) is 50.3 Å². The molecule has 0 bridgehead atoms. The molecule has 0 saturated heterocycles. The maximum absolute atomic E-state index is 3.88. The number of allylic oxidation sites excluding steroid dienone is 4. The number of nitrogens with zero attached hydrogens (tertiary/aromatic N) is 2. The first kappa shape index (κ1) is 33.9. The summed E-state index contributed by atoms with van der Waals surface area (Å²) in [5, 5.41) is 2.64. The lowest BCUT2D eigenvalue weighted by Gasteiger charge is -2.13. The van der Waals surface area contributed by atoms with Gasteiger partial charge in [0.2, 0.25) is 0 Å². The van der Waals surface area contributed by atoms with Crippen LogP contribution >= 0.6 is 0 Å². The number of hydrogen-bond donors (Lipinski definition) is 0. The summed E-state index contributed by atoms with van der Waals surface area (Å²) in [5.41, 5.74) is 13.1. The third kappa shape index (κ3) is 8.46. The molecule has 2 heterocycles. The summed E-state index contributed by atoms with van der Waals surface area (Å²) in [5.74, 6) is 0. The van der Waals surface area contributed by atoms with Crippen molar-refractivity contribution in [3.8, 4) is 16.8 Å². The molecule has 240 valence electrons. The molecule has 1 aliphatic carbocycles. The third-order valence-corrected chi connectivity index (χ3v) is 8.38. The van der Waals surface area contributed by atoms with Crippen LogP contribution in [0.4, 0.5) is 0 Å². The van der Waals surface area contributed by atoms with E-state index in [9.17, 15) is 0 Å². The highest BCUT2D eigenvalue weighted by Gasteiger charge is 2.14. The zero-order valence-corrected chi connectivity index (χ0v) is 28.9. The van der Waals surface area contributed by atoms with E-state index in [1.165, 1.54) is 66.5 Å². The Labute approximate surface area is 286 Å². The summed E-state index contributed by atoms with van der Waals surface area (Å²) in [7, 11) is 0. The highest BCUT2D eigenvalue weighted by atomic mass is 15.0. The van der Waals surface area contributed by atoms with E-state index in [4.69, 9.17) is 0 Å². The zero-order valence-electron chi connectivity index (χ0n) is 28.9. The second kappa shape index (κ2) is 16.9. The van der Waals surface area contributed by atoms with Gasteiger partial charge in [-0.3, -0.25) is 4.98 Å². The molecule has 2 aromatic heterocycles. The van der Waals surface area contributed by atoms with Gasteiger partial charge in [-0.2, -0.15) is 0 Å². The SMILES string of the molecule is CC.CC1=CC=C(c2ccc3c(c2)c2ccccc2n3-c2ccccc2)CC1.Cc1ccc(-c2ccccc2)cc1.Cc1cccnc1. The standard InChI is InChI=1S/C25H21N.C13H12.C6H7N.C2H6/c1-18-11-13-19(14-12-18)20-15-16-25-23(17-20)22-9-5-6-10-24(22)26(25)21-7-3-2-4-8-21;1-11-7-9-13(10-8-11)12-5-3-2-4-6-12;1-6-3-2-4-7-5-6;1-2/h2-11,13,15-17H,12,14H2,1H3;2-10H,1H3;2-5H,1H3;1-2H3. The predicted octanol–water partition coefficient (Wildman–Crippen LogP) is 13.0. The quantitative estimate of drug-likeness (QED) is 0.191. The number of pyridine rings is 1. The molecule has 0 radical (unpaired) electrons. The van der Waals surface area contributed by atoms with Gasteiger partial charge in [-0.25, -0.2) is 0 Å². The predicted molar refractivity (Wildman–Crippen MR) is 209 cm³/mol. The van der Waals surface area contributed by atoms with Crippen LogP contribution in [0.2, 0.25) is 0 Å². The molecule has 2 nitrogen and oxygen atoms in total. The first-order valence-corrected chi connectivity index (χ1v) is 17.0. The maximum atomic E-state index is 3.88. The monoisotopic (exact) mass is 626 g/mol. The minimum atomic E-state index is 1.13. The van der Waals surface area contributed by atoms with Gasteiger partial charge in [0.15, 0.2) is 0 Å². The molecular formula is C46H46N2. The van der Waals surface area contributed by atoms with E-state index < -0.39 is 0 Å². The van der Waals surface area contributed by atoms with Crippen LogP contribution in [0, 0.1) is 13.8 Å². The van der Waals surface area contributed by atoms with Crippen molar-refractivity contribution in [2.75, 3.05) is 0 Å². The second-order valence-electron chi connectivity index (χ2n) is 11.9. The molecule has 5 aromatic carbocycles. The molecule has 0 amide bonds.